The van der Waals surface area contributed by atoms with Crippen LogP contribution < -0.4 is 10.6 Å². The molecule has 0 bridgehead atoms. The lowest BCUT2D eigenvalue weighted by Crippen LogP contribution is -2.39. The fourth-order valence-corrected chi connectivity index (χ4v) is 2.91. The van der Waals surface area contributed by atoms with Crippen molar-refractivity contribution in [1.82, 2.24) is 0 Å². The quantitative estimate of drug-likeness (QED) is 0.704. The molecule has 1 fully saturated rings. The Labute approximate surface area is 90.1 Å². The number of anilines is 2. The second kappa shape index (κ2) is 3.73. The lowest BCUT2D eigenvalue weighted by Gasteiger charge is -2.29. The average Bonchev–Trinajstić information content (AvgIpc) is 2.20. The Morgan fingerprint density at radius 1 is 1.20 bits per heavy atom. The van der Waals surface area contributed by atoms with Gasteiger partial charge in [0, 0.05) is 45.7 Å². The molecule has 2 rings (SSSR count). The third-order valence-corrected chi connectivity index (χ3v) is 4.32. The van der Waals surface area contributed by atoms with Crippen LogP contribution in [0.1, 0.15) is 0 Å². The molecular weight excluding hydrogens is 210 g/mol. The maximum absolute atomic E-state index is 11.5. The van der Waals surface area contributed by atoms with Crippen LogP contribution in [0.3, 0.4) is 0 Å². The van der Waals surface area contributed by atoms with Crippen molar-refractivity contribution in [2.75, 3.05) is 35.2 Å². The molecule has 1 aromatic rings. The summed E-state index contributed by atoms with van der Waals surface area (Å²) in [6.07, 6.45) is 0. The van der Waals surface area contributed by atoms with Gasteiger partial charge in [-0.25, -0.2) is 4.21 Å². The molecule has 0 aromatic heterocycles. The molecule has 0 saturated carbocycles. The highest BCUT2D eigenvalue weighted by Crippen LogP contribution is 2.18. The van der Waals surface area contributed by atoms with Gasteiger partial charge in [0.1, 0.15) is 0 Å². The van der Waals surface area contributed by atoms with Gasteiger partial charge in [-0.05, 0) is 24.3 Å². The first kappa shape index (κ1) is 10.3. The van der Waals surface area contributed by atoms with Gasteiger partial charge in [-0.3, -0.25) is 4.78 Å². The number of nitrogens with two attached hydrogens (primary N) is 1. The summed E-state index contributed by atoms with van der Waals surface area (Å²) in [6.45, 7) is 1.40. The van der Waals surface area contributed by atoms with E-state index in [2.05, 4.69) is 4.90 Å². The van der Waals surface area contributed by atoms with Gasteiger partial charge < -0.3 is 10.6 Å². The number of nitrogens with one attached hydrogen (secondary N) is 1. The zero-order valence-corrected chi connectivity index (χ0v) is 9.30. The van der Waals surface area contributed by atoms with Gasteiger partial charge in [0.2, 0.25) is 0 Å². The lowest BCUT2D eigenvalue weighted by atomic mass is 10.2. The summed E-state index contributed by atoms with van der Waals surface area (Å²) in [5, 5.41) is 0. The summed E-state index contributed by atoms with van der Waals surface area (Å²) < 4.78 is 19.0. The molecule has 0 unspecified atom stereocenters. The molecule has 1 heterocycles. The smallest absolute Gasteiger partial charge is 0.0492 e. The SMILES string of the molecule is N=S1(=O)CCN(c2ccc(N)cc2)CC1. The van der Waals surface area contributed by atoms with E-state index in [0.29, 0.717) is 24.6 Å². The maximum Gasteiger partial charge on any atom is 0.0492 e. The van der Waals surface area contributed by atoms with E-state index in [4.69, 9.17) is 10.5 Å². The van der Waals surface area contributed by atoms with Crippen molar-refractivity contribution in [1.29, 1.82) is 4.78 Å². The number of hydrogen-bond donors (Lipinski definition) is 2. The molecule has 0 atom stereocenters. The molecular formula is C10H15N3OS. The first-order valence-corrected chi connectivity index (χ1v) is 6.81. The Balaban J connectivity index is 2.11. The minimum absolute atomic E-state index is 0.470. The topological polar surface area (TPSA) is 70.2 Å². The van der Waals surface area contributed by atoms with Gasteiger partial charge in [0.25, 0.3) is 0 Å². The molecule has 1 saturated heterocycles. The monoisotopic (exact) mass is 225 g/mol. The minimum Gasteiger partial charge on any atom is -0.399 e. The average molecular weight is 225 g/mol. The van der Waals surface area contributed by atoms with Crippen LogP contribution in [0.25, 0.3) is 0 Å². The van der Waals surface area contributed by atoms with Crippen molar-refractivity contribution < 1.29 is 4.21 Å². The molecule has 15 heavy (non-hydrogen) atoms. The standard InChI is InChI=1S/C10H15N3OS/c11-9-1-3-10(4-2-9)13-5-7-15(12,14)8-6-13/h1-4,12H,5-8,11H2. The highest BCUT2D eigenvalue weighted by molar-refractivity contribution is 7.92. The van der Waals surface area contributed by atoms with Gasteiger partial charge in [0.15, 0.2) is 0 Å². The Morgan fingerprint density at radius 3 is 2.27 bits per heavy atom. The predicted octanol–water partition coefficient (Wildman–Crippen LogP) is 1.14. The first-order chi connectivity index (χ1) is 7.07. The molecule has 5 heteroatoms. The van der Waals surface area contributed by atoms with Gasteiger partial charge >= 0.3 is 0 Å². The van der Waals surface area contributed by atoms with Crippen LogP contribution >= 0.6 is 0 Å². The molecule has 0 aliphatic carbocycles. The molecule has 1 aromatic carbocycles. The zero-order chi connectivity index (χ0) is 10.9. The van der Waals surface area contributed by atoms with E-state index in [1.54, 1.807) is 0 Å². The highest BCUT2D eigenvalue weighted by Gasteiger charge is 2.18. The second-order valence-electron chi connectivity index (χ2n) is 3.80. The van der Waals surface area contributed by atoms with Crippen LogP contribution in [0.5, 0.6) is 0 Å². The van der Waals surface area contributed by atoms with E-state index in [1.807, 2.05) is 24.3 Å². The van der Waals surface area contributed by atoms with Crippen molar-refractivity contribution in [3.05, 3.63) is 24.3 Å². The summed E-state index contributed by atoms with van der Waals surface area (Å²) in [7, 11) is -2.30. The molecule has 3 N–H and O–H groups in total. The largest absolute Gasteiger partial charge is 0.399 e. The fourth-order valence-electron chi connectivity index (χ4n) is 1.67. The predicted molar refractivity (Wildman–Crippen MR) is 63.7 cm³/mol. The van der Waals surface area contributed by atoms with E-state index in [1.165, 1.54) is 0 Å². The minimum atomic E-state index is -2.30. The van der Waals surface area contributed by atoms with Gasteiger partial charge in [-0.1, -0.05) is 0 Å². The highest BCUT2D eigenvalue weighted by atomic mass is 32.2. The van der Waals surface area contributed by atoms with E-state index >= 15 is 0 Å². The van der Waals surface area contributed by atoms with Gasteiger partial charge in [-0.15, -0.1) is 0 Å². The Morgan fingerprint density at radius 2 is 1.73 bits per heavy atom. The molecule has 0 radical (unpaired) electrons. The third kappa shape index (κ3) is 2.41. The molecule has 0 spiro atoms. The number of nitrogens with zero attached hydrogens (tertiary/aromatic N) is 1. The van der Waals surface area contributed by atoms with E-state index < -0.39 is 9.73 Å². The van der Waals surface area contributed by atoms with Crippen molar-refractivity contribution in [2.24, 2.45) is 0 Å². The summed E-state index contributed by atoms with van der Waals surface area (Å²) in [4.78, 5) is 2.15. The summed E-state index contributed by atoms with van der Waals surface area (Å²) in [5.74, 6) is 0.939. The van der Waals surface area contributed by atoms with Crippen LogP contribution in [0.15, 0.2) is 24.3 Å². The molecule has 0 amide bonds. The van der Waals surface area contributed by atoms with Crippen molar-refractivity contribution >= 4 is 21.1 Å². The van der Waals surface area contributed by atoms with E-state index in [9.17, 15) is 4.21 Å². The summed E-state index contributed by atoms with van der Waals surface area (Å²) in [5.41, 5.74) is 7.45. The second-order valence-corrected chi connectivity index (χ2v) is 6.24. The number of hydrogen-bond acceptors (Lipinski definition) is 4. The summed E-state index contributed by atoms with van der Waals surface area (Å²) >= 11 is 0. The van der Waals surface area contributed by atoms with Crippen molar-refractivity contribution in [3.63, 3.8) is 0 Å². The van der Waals surface area contributed by atoms with Crippen LogP contribution in [0.2, 0.25) is 0 Å². The number of benzene rings is 1. The van der Waals surface area contributed by atoms with Crippen LogP contribution in [-0.4, -0.2) is 28.8 Å². The third-order valence-electron chi connectivity index (χ3n) is 2.64. The van der Waals surface area contributed by atoms with Gasteiger partial charge in [0.05, 0.1) is 0 Å². The van der Waals surface area contributed by atoms with Crippen LogP contribution in [0, 0.1) is 4.78 Å². The fraction of sp³-hybridized carbons (Fsp3) is 0.400. The normalized spacial score (nSPS) is 20.1. The Hall–Kier alpha value is -1.23. The van der Waals surface area contributed by atoms with Crippen molar-refractivity contribution in [2.45, 2.75) is 0 Å². The number of rotatable bonds is 1. The van der Waals surface area contributed by atoms with Crippen molar-refractivity contribution in [3.8, 4) is 0 Å². The molecule has 1 aliphatic heterocycles. The van der Waals surface area contributed by atoms with Gasteiger partial charge in [-0.2, -0.15) is 0 Å². The maximum atomic E-state index is 11.5. The van der Waals surface area contributed by atoms with E-state index in [-0.39, 0.29) is 0 Å². The Kier molecular flexibility index (Phi) is 2.56. The first-order valence-electron chi connectivity index (χ1n) is 4.91. The molecule has 1 aliphatic rings. The molecule has 4 nitrogen and oxygen atoms in total. The van der Waals surface area contributed by atoms with Crippen LogP contribution in [0.4, 0.5) is 11.4 Å². The van der Waals surface area contributed by atoms with E-state index in [0.717, 1.165) is 11.4 Å². The lowest BCUT2D eigenvalue weighted by molar-refractivity contribution is 0.664. The van der Waals surface area contributed by atoms with Crippen LogP contribution in [-0.2, 0) is 9.73 Å². The number of nitrogen functional groups attached to an aromatic ring is 1. The summed E-state index contributed by atoms with van der Waals surface area (Å²) in [6, 6.07) is 7.66. The molecule has 82 valence electrons. The Bertz CT molecular complexity index is 424. The zero-order valence-electron chi connectivity index (χ0n) is 8.48.